The Balaban J connectivity index is 2.41. The molecule has 2 heterocycles. The van der Waals surface area contributed by atoms with Crippen LogP contribution in [-0.4, -0.2) is 24.7 Å². The molecule has 0 saturated heterocycles. The molecule has 12 heteroatoms. The maximum Gasteiger partial charge on any atom is 0.438 e. The average Bonchev–Trinajstić information content (AvgIpc) is 3.00. The molecule has 0 aliphatic heterocycles. The van der Waals surface area contributed by atoms with E-state index in [-0.39, 0.29) is 16.8 Å². The van der Waals surface area contributed by atoms with E-state index in [1.165, 1.54) is 33.0 Å². The Labute approximate surface area is 165 Å². The highest BCUT2D eigenvalue weighted by atomic mass is 19.4. The Morgan fingerprint density at radius 2 is 1.47 bits per heavy atom. The van der Waals surface area contributed by atoms with Gasteiger partial charge in [0.05, 0.1) is 16.9 Å². The average molecular weight is 432 g/mol. The highest BCUT2D eigenvalue weighted by Gasteiger charge is 2.40. The molecule has 3 rings (SSSR count). The van der Waals surface area contributed by atoms with E-state index in [0.29, 0.717) is 22.5 Å². The van der Waals surface area contributed by atoms with Gasteiger partial charge in [-0.3, -0.25) is 4.79 Å². The molecule has 1 N–H and O–H groups in total. The summed E-state index contributed by atoms with van der Waals surface area (Å²) in [5.41, 5.74) is -4.97. The van der Waals surface area contributed by atoms with Crippen molar-refractivity contribution in [2.75, 3.05) is 0 Å². The number of nitrogens with zero attached hydrogens (tertiary/aromatic N) is 4. The number of aromatic nitrogens is 4. The Morgan fingerprint density at radius 1 is 0.900 bits per heavy atom. The van der Waals surface area contributed by atoms with Crippen molar-refractivity contribution in [1.29, 1.82) is 0 Å². The van der Waals surface area contributed by atoms with Gasteiger partial charge in [-0.2, -0.15) is 41.2 Å². The zero-order valence-electron chi connectivity index (χ0n) is 15.7. The van der Waals surface area contributed by atoms with Crippen LogP contribution in [0.15, 0.2) is 29.2 Å². The van der Waals surface area contributed by atoms with Crippen molar-refractivity contribution in [2.24, 2.45) is 0 Å². The first-order valence-electron chi connectivity index (χ1n) is 8.36. The summed E-state index contributed by atoms with van der Waals surface area (Å²) in [6.45, 7) is 3.94. The molecule has 0 aliphatic rings. The van der Waals surface area contributed by atoms with Crippen LogP contribution in [0.2, 0.25) is 0 Å². The molecule has 0 unspecified atom stereocenters. The number of rotatable bonds is 2. The second-order valence-electron chi connectivity index (χ2n) is 6.62. The lowest BCUT2D eigenvalue weighted by Crippen LogP contribution is -2.30. The second kappa shape index (κ2) is 6.89. The Kier molecular flexibility index (Phi) is 4.91. The molecular weight excluding hydrogens is 418 g/mol. The number of hydrogen-bond donors (Lipinski definition) is 1. The number of alkyl halides is 6. The zero-order chi connectivity index (χ0) is 22.6. The third-order valence-electron chi connectivity index (χ3n) is 4.29. The van der Waals surface area contributed by atoms with Crippen molar-refractivity contribution in [3.8, 4) is 17.1 Å². The second-order valence-corrected chi connectivity index (χ2v) is 6.62. The van der Waals surface area contributed by atoms with Gasteiger partial charge in [-0.25, -0.2) is 4.68 Å². The van der Waals surface area contributed by atoms with E-state index in [4.69, 9.17) is 0 Å². The van der Waals surface area contributed by atoms with E-state index in [1.54, 1.807) is 0 Å². The van der Waals surface area contributed by atoms with Crippen molar-refractivity contribution < 1.29 is 31.4 Å². The summed E-state index contributed by atoms with van der Waals surface area (Å²) in [6.07, 6.45) is -8.66. The number of hydrogen-bond acceptors (Lipinski definition) is 4. The van der Waals surface area contributed by atoms with E-state index in [2.05, 4.69) is 10.2 Å². The molecule has 0 spiro atoms. The van der Waals surface area contributed by atoms with Gasteiger partial charge in [0.25, 0.3) is 0 Å². The lowest BCUT2D eigenvalue weighted by Gasteiger charge is -2.18. The molecule has 0 bridgehead atoms. The fourth-order valence-electron chi connectivity index (χ4n) is 3.05. The fraction of sp³-hybridized carbons (Fsp3) is 0.278. The molecule has 0 amide bonds. The summed E-state index contributed by atoms with van der Waals surface area (Å²) in [5, 5.41) is 17.2. The molecule has 0 aliphatic carbocycles. The molecule has 0 fully saturated rings. The Morgan fingerprint density at radius 3 is 1.90 bits per heavy atom. The van der Waals surface area contributed by atoms with Crippen molar-refractivity contribution in [2.45, 2.75) is 33.1 Å². The van der Waals surface area contributed by atoms with E-state index < -0.39 is 40.6 Å². The lowest BCUT2D eigenvalue weighted by molar-refractivity contribution is -0.143. The first kappa shape index (κ1) is 21.4. The summed E-state index contributed by atoms with van der Waals surface area (Å²) in [5.74, 6) is -1.44. The summed E-state index contributed by atoms with van der Waals surface area (Å²) in [7, 11) is 0. The summed E-state index contributed by atoms with van der Waals surface area (Å²) < 4.78 is 80.7. The number of aromatic hydroxyl groups is 1. The van der Waals surface area contributed by atoms with Gasteiger partial charge >= 0.3 is 17.9 Å². The number of benzene rings is 1. The highest BCUT2D eigenvalue weighted by molar-refractivity contribution is 5.53. The molecular formula is C18H14F6N4O2. The monoisotopic (exact) mass is 432 g/mol. The van der Waals surface area contributed by atoms with E-state index in [1.807, 2.05) is 0 Å². The molecule has 0 radical (unpaired) electrons. The molecule has 30 heavy (non-hydrogen) atoms. The van der Waals surface area contributed by atoms with Crippen molar-refractivity contribution in [3.63, 3.8) is 0 Å². The first-order chi connectivity index (χ1) is 13.7. The van der Waals surface area contributed by atoms with Crippen LogP contribution in [0, 0.1) is 20.8 Å². The summed E-state index contributed by atoms with van der Waals surface area (Å²) in [6, 6.07) is 2.80. The van der Waals surface area contributed by atoms with Crippen molar-refractivity contribution in [3.05, 3.63) is 62.8 Å². The normalized spacial score (nSPS) is 12.4. The van der Waals surface area contributed by atoms with Gasteiger partial charge in [0.1, 0.15) is 0 Å². The van der Waals surface area contributed by atoms with Gasteiger partial charge in [-0.1, -0.05) is 0 Å². The predicted molar refractivity (Wildman–Crippen MR) is 92.8 cm³/mol. The van der Waals surface area contributed by atoms with Crippen LogP contribution in [-0.2, 0) is 12.4 Å². The lowest BCUT2D eigenvalue weighted by atomic mass is 10.0. The van der Waals surface area contributed by atoms with Gasteiger partial charge in [0.15, 0.2) is 11.4 Å². The van der Waals surface area contributed by atoms with Gasteiger partial charge in [-0.05, 0) is 50.1 Å². The maximum atomic E-state index is 13.5. The molecule has 0 atom stereocenters. The molecule has 3 aromatic rings. The third-order valence-corrected chi connectivity index (χ3v) is 4.29. The summed E-state index contributed by atoms with van der Waals surface area (Å²) in [4.78, 5) is 13.0. The zero-order valence-corrected chi connectivity index (χ0v) is 15.7. The van der Waals surface area contributed by atoms with Crippen molar-refractivity contribution in [1.82, 2.24) is 19.6 Å². The molecule has 2 aromatic heterocycles. The minimum atomic E-state index is -5.15. The summed E-state index contributed by atoms with van der Waals surface area (Å²) >= 11 is 0. The third kappa shape index (κ3) is 3.64. The molecule has 6 nitrogen and oxygen atoms in total. The fourth-order valence-corrected chi connectivity index (χ4v) is 3.05. The number of halogens is 6. The maximum absolute atomic E-state index is 13.5. The van der Waals surface area contributed by atoms with E-state index in [9.17, 15) is 36.2 Å². The Hall–Kier alpha value is -3.31. The minimum absolute atomic E-state index is 0.127. The molecule has 0 saturated carbocycles. The topological polar surface area (TPSA) is 72.9 Å². The van der Waals surface area contributed by atoms with Crippen LogP contribution in [0.5, 0.6) is 5.75 Å². The van der Waals surface area contributed by atoms with Crippen LogP contribution in [0.1, 0.15) is 28.1 Å². The van der Waals surface area contributed by atoms with Gasteiger partial charge < -0.3 is 5.11 Å². The molecule has 160 valence electrons. The van der Waals surface area contributed by atoms with Gasteiger partial charge in [0.2, 0.25) is 5.69 Å². The van der Waals surface area contributed by atoms with Crippen LogP contribution in [0.4, 0.5) is 26.3 Å². The smallest absolute Gasteiger partial charge is 0.438 e. The van der Waals surface area contributed by atoms with Crippen LogP contribution in [0.25, 0.3) is 11.4 Å². The van der Waals surface area contributed by atoms with E-state index in [0.717, 1.165) is 4.68 Å². The SMILES string of the molecule is Cc1ccn(-c2c(O)c(C(F)(F)F)nn(-c3c(C)cc(C(F)(F)F)cc3C)c2=O)n1. The predicted octanol–water partition coefficient (Wildman–Crippen LogP) is 4.09. The van der Waals surface area contributed by atoms with Crippen molar-refractivity contribution >= 4 is 0 Å². The quantitative estimate of drug-likeness (QED) is 0.620. The van der Waals surface area contributed by atoms with Crippen LogP contribution >= 0.6 is 0 Å². The first-order valence-corrected chi connectivity index (χ1v) is 8.36. The highest BCUT2D eigenvalue weighted by Crippen LogP contribution is 2.37. The minimum Gasteiger partial charge on any atom is -0.504 e. The Bertz CT molecular complexity index is 1170. The molecule has 1 aromatic carbocycles. The van der Waals surface area contributed by atoms with Gasteiger partial charge in [-0.15, -0.1) is 0 Å². The van der Waals surface area contributed by atoms with Crippen LogP contribution in [0.3, 0.4) is 0 Å². The van der Waals surface area contributed by atoms with Gasteiger partial charge in [0, 0.05) is 6.20 Å². The largest absolute Gasteiger partial charge is 0.504 e. The number of aryl methyl sites for hydroxylation is 3. The van der Waals surface area contributed by atoms with E-state index >= 15 is 0 Å². The van der Waals surface area contributed by atoms with Crippen LogP contribution < -0.4 is 5.56 Å². The standard InChI is InChI=1S/C18H14F6N4O2/c1-8-6-11(17(19,20)21)7-9(2)12(8)28-16(30)13(27-5-4-10(3)25-27)14(29)15(26-28)18(22,23)24/h4-7,29H,1-3H3.